The lowest BCUT2D eigenvalue weighted by molar-refractivity contribution is -0.147. The van der Waals surface area contributed by atoms with E-state index in [0.29, 0.717) is 17.0 Å². The van der Waals surface area contributed by atoms with Crippen molar-refractivity contribution < 1.29 is 19.1 Å². The molecule has 0 aromatic heterocycles. The topological polar surface area (TPSA) is 55.8 Å². The van der Waals surface area contributed by atoms with Crippen molar-refractivity contribution in [3.63, 3.8) is 0 Å². The predicted molar refractivity (Wildman–Crippen MR) is 85.4 cm³/mol. The highest BCUT2D eigenvalue weighted by atomic mass is 35.5. The minimum atomic E-state index is -0.395. The summed E-state index contributed by atoms with van der Waals surface area (Å²) in [5.41, 5.74) is 0.386. The van der Waals surface area contributed by atoms with E-state index in [0.717, 1.165) is 12.8 Å². The summed E-state index contributed by atoms with van der Waals surface area (Å²) in [4.78, 5) is 25.8. The summed E-state index contributed by atoms with van der Waals surface area (Å²) in [7, 11) is 2.03. The summed E-state index contributed by atoms with van der Waals surface area (Å²) in [6.07, 6.45) is 1.92. The van der Waals surface area contributed by atoms with Crippen molar-refractivity contribution in [3.8, 4) is 0 Å². The molecule has 3 rings (SSSR count). The molecule has 5 nitrogen and oxygen atoms in total. The number of halogens is 1. The number of nitrogens with zero attached hydrogens (tertiary/aromatic N) is 1. The molecule has 0 spiro atoms. The lowest BCUT2D eigenvalue weighted by Gasteiger charge is -2.36. The zero-order valence-corrected chi connectivity index (χ0v) is 14.0. The Morgan fingerprint density at radius 1 is 1.17 bits per heavy atom. The highest BCUT2D eigenvalue weighted by molar-refractivity contribution is 6.33. The maximum atomic E-state index is 12.3. The molecule has 0 aliphatic carbocycles. The van der Waals surface area contributed by atoms with Crippen molar-refractivity contribution in [3.05, 3.63) is 34.9 Å². The Morgan fingerprint density at radius 3 is 2.61 bits per heavy atom. The molecule has 2 aliphatic rings. The van der Waals surface area contributed by atoms with Crippen LogP contribution in [0.15, 0.2) is 24.3 Å². The lowest BCUT2D eigenvalue weighted by Crippen LogP contribution is -2.46. The maximum absolute atomic E-state index is 12.3. The number of fused-ring (bicyclic) bond motifs is 2. The average molecular weight is 338 g/mol. The smallest absolute Gasteiger partial charge is 0.339 e. The lowest BCUT2D eigenvalue weighted by atomic mass is 10.00. The van der Waals surface area contributed by atoms with Gasteiger partial charge in [-0.1, -0.05) is 23.7 Å². The SMILES string of the molecule is CC(=O)O[C@H]1C[C@@H]2C[C@@H](OC(=O)c3ccccc3Cl)C[C@H]1N2C. The molecule has 1 aromatic carbocycles. The molecule has 2 bridgehead atoms. The van der Waals surface area contributed by atoms with Crippen LogP contribution in [0.1, 0.15) is 36.5 Å². The van der Waals surface area contributed by atoms with Crippen molar-refractivity contribution in [2.75, 3.05) is 7.05 Å². The molecule has 124 valence electrons. The minimum absolute atomic E-state index is 0.0988. The van der Waals surface area contributed by atoms with Gasteiger partial charge in [0.25, 0.3) is 0 Å². The first-order chi connectivity index (χ1) is 11.0. The van der Waals surface area contributed by atoms with E-state index in [4.69, 9.17) is 21.1 Å². The van der Waals surface area contributed by atoms with E-state index in [1.165, 1.54) is 6.92 Å². The summed E-state index contributed by atoms with van der Waals surface area (Å²) in [6, 6.07) is 7.24. The van der Waals surface area contributed by atoms with Crippen LogP contribution in [0.2, 0.25) is 5.02 Å². The predicted octanol–water partition coefficient (Wildman–Crippen LogP) is 2.66. The van der Waals surface area contributed by atoms with Gasteiger partial charge in [-0.05, 0) is 19.2 Å². The minimum Gasteiger partial charge on any atom is -0.461 e. The van der Waals surface area contributed by atoms with Gasteiger partial charge in [0.1, 0.15) is 12.2 Å². The Bertz CT molecular complexity index is 620. The number of hydrogen-bond acceptors (Lipinski definition) is 5. The van der Waals surface area contributed by atoms with Gasteiger partial charge in [0.2, 0.25) is 0 Å². The molecular weight excluding hydrogens is 318 g/mol. The quantitative estimate of drug-likeness (QED) is 0.794. The number of rotatable bonds is 3. The Labute approximate surface area is 140 Å². The molecule has 0 N–H and O–H groups in total. The third-order valence-electron chi connectivity index (χ3n) is 4.76. The molecule has 2 heterocycles. The van der Waals surface area contributed by atoms with Gasteiger partial charge in [-0.2, -0.15) is 0 Å². The van der Waals surface area contributed by atoms with Gasteiger partial charge in [-0.25, -0.2) is 4.79 Å². The summed E-state index contributed by atoms with van der Waals surface area (Å²) < 4.78 is 11.1. The first kappa shape index (κ1) is 16.3. The fraction of sp³-hybridized carbons (Fsp3) is 0.529. The first-order valence-electron chi connectivity index (χ1n) is 7.80. The second-order valence-corrected chi connectivity index (χ2v) is 6.66. The van der Waals surface area contributed by atoms with E-state index in [1.54, 1.807) is 24.3 Å². The third-order valence-corrected chi connectivity index (χ3v) is 5.09. The first-order valence-corrected chi connectivity index (χ1v) is 8.18. The molecule has 2 fully saturated rings. The second-order valence-electron chi connectivity index (χ2n) is 6.25. The van der Waals surface area contributed by atoms with Gasteiger partial charge < -0.3 is 9.47 Å². The van der Waals surface area contributed by atoms with Crippen LogP contribution in [-0.4, -0.2) is 48.2 Å². The highest BCUT2D eigenvalue weighted by Crippen LogP contribution is 2.37. The fourth-order valence-electron chi connectivity index (χ4n) is 3.65. The molecule has 2 aliphatic heterocycles. The van der Waals surface area contributed by atoms with Crippen molar-refractivity contribution in [1.29, 1.82) is 0 Å². The van der Waals surface area contributed by atoms with Crippen molar-refractivity contribution in [1.82, 2.24) is 4.90 Å². The van der Waals surface area contributed by atoms with Crippen LogP contribution in [0, 0.1) is 0 Å². The van der Waals surface area contributed by atoms with E-state index in [-0.39, 0.29) is 30.3 Å². The Morgan fingerprint density at radius 2 is 1.91 bits per heavy atom. The second kappa shape index (κ2) is 6.49. The van der Waals surface area contributed by atoms with E-state index in [2.05, 4.69) is 4.90 Å². The number of likely N-dealkylation sites (N-methyl/N-ethyl adjacent to an activating group) is 1. The van der Waals surface area contributed by atoms with Gasteiger partial charge in [-0.15, -0.1) is 0 Å². The Hall–Kier alpha value is -1.59. The van der Waals surface area contributed by atoms with Crippen LogP contribution in [-0.2, 0) is 14.3 Å². The zero-order chi connectivity index (χ0) is 16.6. The maximum Gasteiger partial charge on any atom is 0.339 e. The number of benzene rings is 1. The molecule has 4 atom stereocenters. The number of hydrogen-bond donors (Lipinski definition) is 0. The largest absolute Gasteiger partial charge is 0.461 e. The Balaban J connectivity index is 1.66. The molecule has 6 heteroatoms. The molecule has 0 saturated carbocycles. The third kappa shape index (κ3) is 3.35. The van der Waals surface area contributed by atoms with Gasteiger partial charge in [0.15, 0.2) is 0 Å². The van der Waals surface area contributed by atoms with Gasteiger partial charge in [0.05, 0.1) is 16.6 Å². The van der Waals surface area contributed by atoms with Gasteiger partial charge in [-0.3, -0.25) is 9.69 Å². The van der Waals surface area contributed by atoms with E-state index in [1.807, 2.05) is 7.05 Å². The van der Waals surface area contributed by atoms with Crippen LogP contribution in [0.4, 0.5) is 0 Å². The van der Waals surface area contributed by atoms with Crippen molar-refractivity contribution in [2.24, 2.45) is 0 Å². The number of piperidine rings is 1. The van der Waals surface area contributed by atoms with Crippen molar-refractivity contribution >= 4 is 23.5 Å². The number of carbonyl (C=O) groups is 2. The van der Waals surface area contributed by atoms with Gasteiger partial charge in [0, 0.05) is 32.2 Å². The van der Waals surface area contributed by atoms with E-state index < -0.39 is 5.97 Å². The van der Waals surface area contributed by atoms with Crippen LogP contribution in [0.3, 0.4) is 0 Å². The number of ether oxygens (including phenoxy) is 2. The van der Waals surface area contributed by atoms with Crippen molar-refractivity contribution in [2.45, 2.75) is 50.5 Å². The Kier molecular flexibility index (Phi) is 4.60. The summed E-state index contributed by atoms with van der Waals surface area (Å²) in [5.74, 6) is -0.658. The highest BCUT2D eigenvalue weighted by Gasteiger charge is 2.47. The van der Waals surface area contributed by atoms with E-state index in [9.17, 15) is 9.59 Å². The van der Waals surface area contributed by atoms with Crippen LogP contribution in [0.25, 0.3) is 0 Å². The molecule has 1 aromatic rings. The fourth-order valence-corrected chi connectivity index (χ4v) is 3.86. The van der Waals surface area contributed by atoms with Gasteiger partial charge >= 0.3 is 11.9 Å². The molecule has 23 heavy (non-hydrogen) atoms. The monoisotopic (exact) mass is 337 g/mol. The molecule has 0 amide bonds. The zero-order valence-electron chi connectivity index (χ0n) is 13.2. The van der Waals surface area contributed by atoms with Crippen LogP contribution in [0.5, 0.6) is 0 Å². The molecular formula is C17H20ClNO4. The normalized spacial score (nSPS) is 30.0. The van der Waals surface area contributed by atoms with E-state index >= 15 is 0 Å². The molecule has 0 radical (unpaired) electrons. The molecule has 0 unspecified atom stereocenters. The molecule has 2 saturated heterocycles. The van der Waals surface area contributed by atoms with Crippen LogP contribution >= 0.6 is 11.6 Å². The number of carbonyl (C=O) groups excluding carboxylic acids is 2. The summed E-state index contributed by atoms with van der Waals surface area (Å²) in [5, 5.41) is 0.395. The summed E-state index contributed by atoms with van der Waals surface area (Å²) >= 11 is 6.04. The standard InChI is InChI=1S/C17H20ClNO4/c1-10(20)22-16-8-11-7-12(9-15(16)19(11)2)23-17(21)13-5-3-4-6-14(13)18/h3-6,11-12,15-16H,7-9H2,1-2H3/t11-,12+,15+,16-/m0/s1. The van der Waals surface area contributed by atoms with Crippen LogP contribution < -0.4 is 0 Å². The number of esters is 2. The summed E-state index contributed by atoms with van der Waals surface area (Å²) in [6.45, 7) is 1.43. The average Bonchev–Trinajstić information content (AvgIpc) is 2.67.